The Kier molecular flexibility index (Phi) is 7.13. The van der Waals surface area contributed by atoms with Crippen LogP contribution in [-0.2, 0) is 17.9 Å². The summed E-state index contributed by atoms with van der Waals surface area (Å²) in [4.78, 5) is 14.7. The Balaban J connectivity index is 1.70. The van der Waals surface area contributed by atoms with Crippen LogP contribution in [0.3, 0.4) is 0 Å². The molecule has 8 heteroatoms. The monoisotopic (exact) mass is 408 g/mol. The summed E-state index contributed by atoms with van der Waals surface area (Å²) in [5.41, 5.74) is 6.92. The number of nitrogens with zero attached hydrogens (tertiary/aromatic N) is 5. The van der Waals surface area contributed by atoms with E-state index in [0.717, 1.165) is 53.3 Å². The quantitative estimate of drug-likeness (QED) is 0.435. The molecule has 0 unspecified atom stereocenters. The van der Waals surface area contributed by atoms with Gasteiger partial charge in [0.05, 0.1) is 18.3 Å². The van der Waals surface area contributed by atoms with Gasteiger partial charge in [0, 0.05) is 12.1 Å². The Morgan fingerprint density at radius 3 is 2.70 bits per heavy atom. The van der Waals surface area contributed by atoms with Gasteiger partial charge in [-0.05, 0) is 55.9 Å². The van der Waals surface area contributed by atoms with Crippen molar-refractivity contribution in [2.75, 3.05) is 20.2 Å². The number of hydrazone groups is 1. The molecule has 3 aromatic rings. The second-order valence-corrected chi connectivity index (χ2v) is 6.96. The zero-order chi connectivity index (χ0) is 21.5. The number of amides is 1. The lowest BCUT2D eigenvalue weighted by Gasteiger charge is -2.20. The fourth-order valence-electron chi connectivity index (χ4n) is 3.23. The van der Waals surface area contributed by atoms with E-state index >= 15 is 0 Å². The van der Waals surface area contributed by atoms with Crippen LogP contribution in [0.25, 0.3) is 11.0 Å². The summed E-state index contributed by atoms with van der Waals surface area (Å²) >= 11 is 0. The van der Waals surface area contributed by atoms with Gasteiger partial charge in [-0.15, -0.1) is 5.10 Å². The Morgan fingerprint density at radius 1 is 1.20 bits per heavy atom. The molecule has 0 spiro atoms. The third-order valence-corrected chi connectivity index (χ3v) is 5.05. The average Bonchev–Trinajstić information content (AvgIpc) is 3.18. The van der Waals surface area contributed by atoms with E-state index in [1.165, 1.54) is 0 Å². The highest BCUT2D eigenvalue weighted by Crippen LogP contribution is 2.22. The van der Waals surface area contributed by atoms with Crippen molar-refractivity contribution in [3.8, 4) is 5.75 Å². The SMILES string of the molecule is CCN(CC)Cc1cc(/C(C)=N\NC(=O)Cn2nnc3ccccc32)ccc1OC. The zero-order valence-corrected chi connectivity index (χ0v) is 17.9. The number of aromatic nitrogens is 3. The Hall–Kier alpha value is -3.26. The molecule has 1 amide bonds. The first kappa shape index (κ1) is 21.4. The molecule has 0 aliphatic carbocycles. The van der Waals surface area contributed by atoms with E-state index in [1.54, 1.807) is 11.8 Å². The maximum atomic E-state index is 12.3. The van der Waals surface area contributed by atoms with Crippen molar-refractivity contribution >= 4 is 22.7 Å². The number of nitrogens with one attached hydrogen (secondary N) is 1. The second kappa shape index (κ2) is 9.98. The van der Waals surface area contributed by atoms with E-state index in [-0.39, 0.29) is 12.5 Å². The van der Waals surface area contributed by atoms with Crippen molar-refractivity contribution in [1.29, 1.82) is 0 Å². The van der Waals surface area contributed by atoms with Crippen molar-refractivity contribution in [3.05, 3.63) is 53.6 Å². The number of benzene rings is 2. The molecule has 1 aromatic heterocycles. The summed E-state index contributed by atoms with van der Waals surface area (Å²) in [5.74, 6) is 0.586. The van der Waals surface area contributed by atoms with Gasteiger partial charge in [0.1, 0.15) is 17.8 Å². The Bertz CT molecular complexity index is 1040. The highest BCUT2D eigenvalue weighted by Gasteiger charge is 2.11. The van der Waals surface area contributed by atoms with E-state index in [0.29, 0.717) is 0 Å². The van der Waals surface area contributed by atoms with Gasteiger partial charge in [0.2, 0.25) is 0 Å². The van der Waals surface area contributed by atoms with Crippen LogP contribution in [0.15, 0.2) is 47.6 Å². The molecular weight excluding hydrogens is 380 g/mol. The topological polar surface area (TPSA) is 84.6 Å². The summed E-state index contributed by atoms with van der Waals surface area (Å²) in [7, 11) is 1.68. The number of carbonyl (C=O) groups excluding carboxylic acids is 1. The fourth-order valence-corrected chi connectivity index (χ4v) is 3.23. The molecule has 0 bridgehead atoms. The molecule has 0 radical (unpaired) electrons. The lowest BCUT2D eigenvalue weighted by molar-refractivity contribution is -0.121. The van der Waals surface area contributed by atoms with Crippen LogP contribution in [0, 0.1) is 0 Å². The number of para-hydroxylation sites is 1. The maximum Gasteiger partial charge on any atom is 0.261 e. The molecule has 0 saturated carbocycles. The average molecular weight is 409 g/mol. The van der Waals surface area contributed by atoms with Crippen LogP contribution in [0.4, 0.5) is 0 Å². The number of hydrogen-bond donors (Lipinski definition) is 1. The molecule has 158 valence electrons. The number of rotatable bonds is 9. The molecule has 30 heavy (non-hydrogen) atoms. The standard InChI is InChI=1S/C22H28N6O2/c1-5-27(6-2)14-18-13-17(11-12-21(18)30-4)16(3)23-25-22(29)15-28-20-10-8-7-9-19(20)24-26-28/h7-13H,5-6,14-15H2,1-4H3,(H,25,29)/b23-16-. The van der Waals surface area contributed by atoms with Crippen molar-refractivity contribution < 1.29 is 9.53 Å². The molecule has 0 aliphatic rings. The largest absolute Gasteiger partial charge is 0.496 e. The predicted octanol–water partition coefficient (Wildman–Crippen LogP) is 2.82. The van der Waals surface area contributed by atoms with Crippen molar-refractivity contribution in [2.24, 2.45) is 5.10 Å². The maximum absolute atomic E-state index is 12.3. The number of methoxy groups -OCH3 is 1. The first-order valence-corrected chi connectivity index (χ1v) is 10.1. The molecule has 0 aliphatic heterocycles. The third-order valence-electron chi connectivity index (χ3n) is 5.05. The third kappa shape index (κ3) is 5.01. The minimum Gasteiger partial charge on any atom is -0.496 e. The summed E-state index contributed by atoms with van der Waals surface area (Å²) in [5, 5.41) is 12.4. The molecule has 1 heterocycles. The molecule has 2 aromatic carbocycles. The van der Waals surface area contributed by atoms with Gasteiger partial charge in [0.25, 0.3) is 5.91 Å². The molecule has 1 N–H and O–H groups in total. The normalized spacial score (nSPS) is 11.8. The van der Waals surface area contributed by atoms with Crippen molar-refractivity contribution in [2.45, 2.75) is 33.9 Å². The Morgan fingerprint density at radius 2 is 1.97 bits per heavy atom. The lowest BCUT2D eigenvalue weighted by atomic mass is 10.1. The fraction of sp³-hybridized carbons (Fsp3) is 0.364. The van der Waals surface area contributed by atoms with Crippen LogP contribution in [0.5, 0.6) is 5.75 Å². The Labute approximate surface area is 176 Å². The van der Waals surface area contributed by atoms with Crippen molar-refractivity contribution in [3.63, 3.8) is 0 Å². The van der Waals surface area contributed by atoms with Gasteiger partial charge in [-0.25, -0.2) is 10.1 Å². The summed E-state index contributed by atoms with van der Waals surface area (Å²) < 4.78 is 7.07. The summed E-state index contributed by atoms with van der Waals surface area (Å²) in [6.45, 7) is 8.92. The highest BCUT2D eigenvalue weighted by atomic mass is 16.5. The van der Waals surface area contributed by atoms with Crippen LogP contribution in [0.2, 0.25) is 0 Å². The predicted molar refractivity (Wildman–Crippen MR) is 118 cm³/mol. The number of ether oxygens (including phenoxy) is 1. The van der Waals surface area contributed by atoms with E-state index in [9.17, 15) is 4.79 Å². The molecule has 3 rings (SSSR count). The highest BCUT2D eigenvalue weighted by molar-refractivity contribution is 5.99. The number of carbonyl (C=O) groups is 1. The molecule has 8 nitrogen and oxygen atoms in total. The minimum atomic E-state index is -0.262. The van der Waals surface area contributed by atoms with Gasteiger partial charge in [0.15, 0.2) is 0 Å². The van der Waals surface area contributed by atoms with Gasteiger partial charge in [-0.2, -0.15) is 5.10 Å². The molecule has 0 fully saturated rings. The minimum absolute atomic E-state index is 0.0487. The lowest BCUT2D eigenvalue weighted by Crippen LogP contribution is -2.25. The summed E-state index contributed by atoms with van der Waals surface area (Å²) in [6.07, 6.45) is 0. The van der Waals surface area contributed by atoms with Gasteiger partial charge < -0.3 is 4.74 Å². The number of hydrogen-bond acceptors (Lipinski definition) is 6. The van der Waals surface area contributed by atoms with Crippen LogP contribution in [-0.4, -0.2) is 51.7 Å². The first-order valence-electron chi connectivity index (χ1n) is 10.1. The van der Waals surface area contributed by atoms with Crippen LogP contribution >= 0.6 is 0 Å². The number of fused-ring (bicyclic) bond motifs is 1. The van der Waals surface area contributed by atoms with E-state index < -0.39 is 0 Å². The van der Waals surface area contributed by atoms with E-state index in [2.05, 4.69) is 45.7 Å². The van der Waals surface area contributed by atoms with Crippen LogP contribution in [0.1, 0.15) is 31.9 Å². The van der Waals surface area contributed by atoms with Gasteiger partial charge >= 0.3 is 0 Å². The second-order valence-electron chi connectivity index (χ2n) is 6.96. The molecular formula is C22H28N6O2. The van der Waals surface area contributed by atoms with Gasteiger partial charge in [-0.3, -0.25) is 9.69 Å². The van der Waals surface area contributed by atoms with Crippen LogP contribution < -0.4 is 10.2 Å². The van der Waals surface area contributed by atoms with E-state index in [1.807, 2.05) is 43.3 Å². The summed E-state index contributed by atoms with van der Waals surface area (Å²) in [6, 6.07) is 13.5. The zero-order valence-electron chi connectivity index (χ0n) is 17.9. The van der Waals surface area contributed by atoms with Crippen molar-refractivity contribution in [1.82, 2.24) is 25.3 Å². The van der Waals surface area contributed by atoms with Gasteiger partial charge in [-0.1, -0.05) is 31.2 Å². The smallest absolute Gasteiger partial charge is 0.261 e. The van der Waals surface area contributed by atoms with E-state index in [4.69, 9.17) is 4.74 Å². The molecule has 0 saturated heterocycles. The first-order chi connectivity index (χ1) is 14.5. The molecule has 0 atom stereocenters.